The van der Waals surface area contributed by atoms with E-state index in [0.29, 0.717) is 6.04 Å². The van der Waals surface area contributed by atoms with Crippen molar-refractivity contribution in [2.75, 3.05) is 6.54 Å². The Morgan fingerprint density at radius 2 is 1.94 bits per heavy atom. The SMILES string of the molecule is CCCNCc1cncn1C1CCCCCCC1. The molecule has 0 amide bonds. The van der Waals surface area contributed by atoms with Crippen LogP contribution in [0.4, 0.5) is 0 Å². The molecule has 0 atom stereocenters. The minimum Gasteiger partial charge on any atom is -0.330 e. The Kier molecular flexibility index (Phi) is 5.72. The van der Waals surface area contributed by atoms with Crippen molar-refractivity contribution >= 4 is 0 Å². The molecular weight excluding hydrogens is 222 g/mol. The zero-order valence-corrected chi connectivity index (χ0v) is 11.7. The number of imidazole rings is 1. The monoisotopic (exact) mass is 249 g/mol. The number of hydrogen-bond acceptors (Lipinski definition) is 2. The molecule has 102 valence electrons. The summed E-state index contributed by atoms with van der Waals surface area (Å²) in [5, 5.41) is 3.48. The molecule has 1 aliphatic carbocycles. The van der Waals surface area contributed by atoms with Gasteiger partial charge in [-0.25, -0.2) is 4.98 Å². The maximum absolute atomic E-state index is 4.35. The predicted octanol–water partition coefficient (Wildman–Crippen LogP) is 3.67. The first-order valence-electron chi connectivity index (χ1n) is 7.63. The van der Waals surface area contributed by atoms with Crippen LogP contribution in [0.2, 0.25) is 0 Å². The molecule has 0 spiro atoms. The number of nitrogens with zero attached hydrogens (tertiary/aromatic N) is 2. The van der Waals surface area contributed by atoms with E-state index in [1.807, 2.05) is 12.5 Å². The Balaban J connectivity index is 1.95. The molecule has 0 unspecified atom stereocenters. The number of hydrogen-bond donors (Lipinski definition) is 1. The quantitative estimate of drug-likeness (QED) is 0.807. The summed E-state index contributed by atoms with van der Waals surface area (Å²) in [4.78, 5) is 4.35. The molecule has 1 aromatic rings. The van der Waals surface area contributed by atoms with Gasteiger partial charge in [0.1, 0.15) is 0 Å². The minimum atomic E-state index is 0.686. The van der Waals surface area contributed by atoms with Crippen molar-refractivity contribution in [2.45, 2.75) is 70.9 Å². The average molecular weight is 249 g/mol. The van der Waals surface area contributed by atoms with E-state index in [-0.39, 0.29) is 0 Å². The van der Waals surface area contributed by atoms with Gasteiger partial charge in [0.05, 0.1) is 12.0 Å². The van der Waals surface area contributed by atoms with Crippen LogP contribution in [-0.2, 0) is 6.54 Å². The summed E-state index contributed by atoms with van der Waals surface area (Å²) >= 11 is 0. The van der Waals surface area contributed by atoms with Gasteiger partial charge in [0.25, 0.3) is 0 Å². The van der Waals surface area contributed by atoms with Crippen LogP contribution in [0.25, 0.3) is 0 Å². The fourth-order valence-corrected chi connectivity index (χ4v) is 2.90. The van der Waals surface area contributed by atoms with Crippen molar-refractivity contribution in [1.29, 1.82) is 0 Å². The van der Waals surface area contributed by atoms with Crippen LogP contribution in [-0.4, -0.2) is 16.1 Å². The maximum atomic E-state index is 4.35. The molecule has 1 aliphatic rings. The fraction of sp³-hybridized carbons (Fsp3) is 0.800. The van der Waals surface area contributed by atoms with Gasteiger partial charge in [0.2, 0.25) is 0 Å². The highest BCUT2D eigenvalue weighted by Crippen LogP contribution is 2.27. The predicted molar refractivity (Wildman–Crippen MR) is 75.6 cm³/mol. The molecule has 0 aromatic carbocycles. The third kappa shape index (κ3) is 3.84. The van der Waals surface area contributed by atoms with Crippen LogP contribution < -0.4 is 5.32 Å². The summed E-state index contributed by atoms with van der Waals surface area (Å²) in [6.07, 6.45) is 14.9. The molecule has 3 heteroatoms. The molecule has 0 bridgehead atoms. The Morgan fingerprint density at radius 1 is 1.22 bits per heavy atom. The maximum Gasteiger partial charge on any atom is 0.0951 e. The standard InChI is InChI=1S/C15H27N3/c1-2-10-16-11-15-12-17-13-18(15)14-8-6-4-3-5-7-9-14/h12-14,16H,2-11H2,1H3. The first-order valence-corrected chi connectivity index (χ1v) is 7.63. The van der Waals surface area contributed by atoms with Crippen molar-refractivity contribution in [1.82, 2.24) is 14.9 Å². The zero-order valence-electron chi connectivity index (χ0n) is 11.7. The summed E-state index contributed by atoms with van der Waals surface area (Å²) in [5.74, 6) is 0. The lowest BCUT2D eigenvalue weighted by Crippen LogP contribution is -2.19. The van der Waals surface area contributed by atoms with Crippen molar-refractivity contribution in [3.63, 3.8) is 0 Å². The smallest absolute Gasteiger partial charge is 0.0951 e. The molecule has 1 heterocycles. The molecule has 1 fully saturated rings. The number of nitrogens with one attached hydrogen (secondary N) is 1. The Morgan fingerprint density at radius 3 is 2.67 bits per heavy atom. The van der Waals surface area contributed by atoms with Crippen LogP contribution in [0.1, 0.15) is 70.0 Å². The van der Waals surface area contributed by atoms with Gasteiger partial charge in [0, 0.05) is 18.8 Å². The zero-order chi connectivity index (χ0) is 12.6. The van der Waals surface area contributed by atoms with Crippen molar-refractivity contribution in [3.05, 3.63) is 18.2 Å². The van der Waals surface area contributed by atoms with Gasteiger partial charge in [-0.1, -0.05) is 39.0 Å². The molecule has 2 rings (SSSR count). The molecule has 0 radical (unpaired) electrons. The largest absolute Gasteiger partial charge is 0.330 e. The van der Waals surface area contributed by atoms with Gasteiger partial charge >= 0.3 is 0 Å². The number of rotatable bonds is 5. The molecule has 0 aliphatic heterocycles. The lowest BCUT2D eigenvalue weighted by atomic mass is 9.96. The molecular formula is C15H27N3. The second-order valence-electron chi connectivity index (χ2n) is 5.47. The molecule has 1 saturated carbocycles. The van der Waals surface area contributed by atoms with Crippen molar-refractivity contribution in [3.8, 4) is 0 Å². The molecule has 3 nitrogen and oxygen atoms in total. The van der Waals surface area contributed by atoms with Gasteiger partial charge in [-0.05, 0) is 25.8 Å². The summed E-state index contributed by atoms with van der Waals surface area (Å²) in [5.41, 5.74) is 1.36. The Labute approximate surface area is 111 Å². The van der Waals surface area contributed by atoms with Gasteiger partial charge in [-0.15, -0.1) is 0 Å². The first-order chi connectivity index (χ1) is 8.92. The van der Waals surface area contributed by atoms with E-state index in [4.69, 9.17) is 0 Å². The number of aromatic nitrogens is 2. The normalized spacial score (nSPS) is 18.5. The fourth-order valence-electron chi connectivity index (χ4n) is 2.90. The minimum absolute atomic E-state index is 0.686. The first kappa shape index (κ1) is 13.6. The lowest BCUT2D eigenvalue weighted by Gasteiger charge is -2.23. The van der Waals surface area contributed by atoms with E-state index in [9.17, 15) is 0 Å². The second-order valence-corrected chi connectivity index (χ2v) is 5.47. The third-order valence-corrected chi connectivity index (χ3v) is 3.95. The second kappa shape index (κ2) is 7.57. The van der Waals surface area contributed by atoms with Gasteiger partial charge in [-0.2, -0.15) is 0 Å². The van der Waals surface area contributed by atoms with E-state index >= 15 is 0 Å². The van der Waals surface area contributed by atoms with Gasteiger partial charge in [-0.3, -0.25) is 0 Å². The summed E-state index contributed by atoms with van der Waals surface area (Å²) in [6, 6.07) is 0.686. The Bertz CT molecular complexity index is 324. The van der Waals surface area contributed by atoms with Gasteiger partial charge in [0.15, 0.2) is 0 Å². The topological polar surface area (TPSA) is 29.9 Å². The van der Waals surface area contributed by atoms with Crippen LogP contribution in [0.3, 0.4) is 0 Å². The lowest BCUT2D eigenvalue weighted by molar-refractivity contribution is 0.363. The van der Waals surface area contributed by atoms with Gasteiger partial charge < -0.3 is 9.88 Å². The molecule has 1 aromatic heterocycles. The highest BCUT2D eigenvalue weighted by Gasteiger charge is 2.15. The van der Waals surface area contributed by atoms with Crippen LogP contribution in [0.15, 0.2) is 12.5 Å². The summed E-state index contributed by atoms with van der Waals surface area (Å²) in [6.45, 7) is 4.26. The van der Waals surface area contributed by atoms with E-state index in [1.54, 1.807) is 0 Å². The summed E-state index contributed by atoms with van der Waals surface area (Å²) < 4.78 is 2.42. The highest BCUT2D eigenvalue weighted by atomic mass is 15.1. The molecule has 18 heavy (non-hydrogen) atoms. The van der Waals surface area contributed by atoms with E-state index in [0.717, 1.165) is 13.1 Å². The molecule has 0 saturated heterocycles. The Hall–Kier alpha value is -0.830. The van der Waals surface area contributed by atoms with Crippen molar-refractivity contribution in [2.24, 2.45) is 0 Å². The average Bonchev–Trinajstić information content (AvgIpc) is 2.77. The van der Waals surface area contributed by atoms with E-state index < -0.39 is 0 Å². The molecule has 1 N–H and O–H groups in total. The van der Waals surface area contributed by atoms with Crippen LogP contribution in [0, 0.1) is 0 Å². The van der Waals surface area contributed by atoms with Crippen LogP contribution in [0.5, 0.6) is 0 Å². The van der Waals surface area contributed by atoms with Crippen molar-refractivity contribution < 1.29 is 0 Å². The highest BCUT2D eigenvalue weighted by molar-refractivity contribution is 5.00. The van der Waals surface area contributed by atoms with E-state index in [1.165, 1.54) is 57.1 Å². The van der Waals surface area contributed by atoms with E-state index in [2.05, 4.69) is 21.8 Å². The van der Waals surface area contributed by atoms with Crippen LogP contribution >= 0.6 is 0 Å². The third-order valence-electron chi connectivity index (χ3n) is 3.95. The summed E-state index contributed by atoms with van der Waals surface area (Å²) in [7, 11) is 0.